The van der Waals surface area contributed by atoms with E-state index in [0.717, 1.165) is 12.2 Å². The summed E-state index contributed by atoms with van der Waals surface area (Å²) in [7, 11) is 0. The Morgan fingerprint density at radius 1 is 1.53 bits per heavy atom. The molecule has 1 aromatic heterocycles. The molecule has 0 aliphatic heterocycles. The second-order valence-corrected chi connectivity index (χ2v) is 6.48. The van der Waals surface area contributed by atoms with Crippen LogP contribution in [-0.2, 0) is 11.3 Å². The van der Waals surface area contributed by atoms with Crippen LogP contribution in [0.4, 0.5) is 4.79 Å². The molecule has 0 aliphatic carbocycles. The number of amides is 1. The molecule has 5 nitrogen and oxygen atoms in total. The molecular formula is C13H23N3O2S. The minimum Gasteiger partial charge on any atom is -0.444 e. The average Bonchev–Trinajstić information content (AvgIpc) is 2.61. The van der Waals surface area contributed by atoms with Crippen molar-refractivity contribution in [2.75, 3.05) is 6.54 Å². The topological polar surface area (TPSA) is 63.2 Å². The van der Waals surface area contributed by atoms with Crippen molar-refractivity contribution in [2.45, 2.75) is 52.8 Å². The first-order chi connectivity index (χ1) is 8.78. The molecule has 1 unspecified atom stereocenters. The first-order valence-electron chi connectivity index (χ1n) is 6.37. The Balaban J connectivity index is 2.23. The number of carbonyl (C=O) groups is 1. The monoisotopic (exact) mass is 285 g/mol. The van der Waals surface area contributed by atoms with Crippen LogP contribution in [0.15, 0.2) is 5.51 Å². The standard InChI is InChI=1S/C13H23N3O2S/c1-9(16-12(17)18-13(3,4)5)6-14-7-11-10(2)15-8-19-11/h8-9,14H,6-7H2,1-5H3,(H,16,17). The molecule has 1 heterocycles. The maximum atomic E-state index is 11.5. The third-order valence-corrected chi connectivity index (χ3v) is 3.28. The van der Waals surface area contributed by atoms with Crippen LogP contribution in [0.25, 0.3) is 0 Å². The number of hydrogen-bond acceptors (Lipinski definition) is 5. The first-order valence-corrected chi connectivity index (χ1v) is 7.25. The Labute approximate surface area is 118 Å². The highest BCUT2D eigenvalue weighted by Crippen LogP contribution is 2.11. The van der Waals surface area contributed by atoms with Gasteiger partial charge in [-0.1, -0.05) is 0 Å². The lowest BCUT2D eigenvalue weighted by Crippen LogP contribution is -2.42. The summed E-state index contributed by atoms with van der Waals surface area (Å²) in [5.41, 5.74) is 2.44. The molecule has 0 fully saturated rings. The average molecular weight is 285 g/mol. The molecule has 0 saturated heterocycles. The van der Waals surface area contributed by atoms with Crippen LogP contribution in [0.2, 0.25) is 0 Å². The van der Waals surface area contributed by atoms with Crippen molar-refractivity contribution in [1.29, 1.82) is 0 Å². The van der Waals surface area contributed by atoms with E-state index in [0.29, 0.717) is 6.54 Å². The summed E-state index contributed by atoms with van der Waals surface area (Å²) < 4.78 is 5.19. The fraction of sp³-hybridized carbons (Fsp3) is 0.692. The number of aromatic nitrogens is 1. The van der Waals surface area contributed by atoms with Gasteiger partial charge in [0.15, 0.2) is 0 Å². The lowest BCUT2D eigenvalue weighted by molar-refractivity contribution is 0.0508. The zero-order valence-corrected chi connectivity index (χ0v) is 13.1. The van der Waals surface area contributed by atoms with Crippen molar-refractivity contribution in [1.82, 2.24) is 15.6 Å². The van der Waals surface area contributed by atoms with Crippen LogP contribution >= 0.6 is 11.3 Å². The van der Waals surface area contributed by atoms with Crippen LogP contribution in [0.5, 0.6) is 0 Å². The van der Waals surface area contributed by atoms with Gasteiger partial charge in [-0.25, -0.2) is 9.78 Å². The molecule has 1 atom stereocenters. The minimum absolute atomic E-state index is 0.0167. The number of thiazole rings is 1. The number of aryl methyl sites for hydroxylation is 1. The molecule has 0 bridgehead atoms. The number of nitrogens with one attached hydrogen (secondary N) is 2. The van der Waals surface area contributed by atoms with Crippen molar-refractivity contribution >= 4 is 17.4 Å². The Hall–Kier alpha value is -1.14. The van der Waals surface area contributed by atoms with Gasteiger partial charge in [0.05, 0.1) is 11.2 Å². The molecule has 0 aliphatic rings. The van der Waals surface area contributed by atoms with Gasteiger partial charge in [-0.05, 0) is 34.6 Å². The van der Waals surface area contributed by atoms with E-state index in [1.54, 1.807) is 11.3 Å². The lowest BCUT2D eigenvalue weighted by Gasteiger charge is -2.22. The molecule has 0 aromatic carbocycles. The van der Waals surface area contributed by atoms with Crippen LogP contribution in [0, 0.1) is 6.92 Å². The predicted molar refractivity (Wildman–Crippen MR) is 77.4 cm³/mol. The molecule has 2 N–H and O–H groups in total. The second kappa shape index (κ2) is 6.86. The van der Waals surface area contributed by atoms with Crippen molar-refractivity contribution in [3.63, 3.8) is 0 Å². The van der Waals surface area contributed by atoms with Crippen molar-refractivity contribution in [3.8, 4) is 0 Å². The normalized spacial score (nSPS) is 13.1. The van der Waals surface area contributed by atoms with Crippen molar-refractivity contribution < 1.29 is 9.53 Å². The zero-order chi connectivity index (χ0) is 14.5. The Morgan fingerprint density at radius 3 is 2.74 bits per heavy atom. The van der Waals surface area contributed by atoms with E-state index in [2.05, 4.69) is 15.6 Å². The Bertz CT molecular complexity index is 412. The van der Waals surface area contributed by atoms with E-state index in [1.807, 2.05) is 40.1 Å². The molecule has 1 aromatic rings. The molecule has 0 spiro atoms. The lowest BCUT2D eigenvalue weighted by atomic mass is 10.2. The quantitative estimate of drug-likeness (QED) is 0.872. The Morgan fingerprint density at radius 2 is 2.21 bits per heavy atom. The van der Waals surface area contributed by atoms with E-state index < -0.39 is 5.60 Å². The van der Waals surface area contributed by atoms with Crippen LogP contribution in [-0.4, -0.2) is 29.3 Å². The number of nitrogens with zero attached hydrogens (tertiary/aromatic N) is 1. The van der Waals surface area contributed by atoms with Crippen LogP contribution in [0.1, 0.15) is 38.3 Å². The number of ether oxygens (including phenoxy) is 1. The number of alkyl carbamates (subject to hydrolysis) is 1. The Kier molecular flexibility index (Phi) is 5.75. The first kappa shape index (κ1) is 15.9. The van der Waals surface area contributed by atoms with E-state index in [-0.39, 0.29) is 12.1 Å². The van der Waals surface area contributed by atoms with Crippen molar-refractivity contribution in [3.05, 3.63) is 16.1 Å². The van der Waals surface area contributed by atoms with Gasteiger partial charge >= 0.3 is 6.09 Å². The molecule has 19 heavy (non-hydrogen) atoms. The fourth-order valence-electron chi connectivity index (χ4n) is 1.46. The van der Waals surface area contributed by atoms with Gasteiger partial charge in [0, 0.05) is 24.0 Å². The number of rotatable bonds is 5. The molecule has 6 heteroatoms. The second-order valence-electron chi connectivity index (χ2n) is 5.54. The number of hydrogen-bond donors (Lipinski definition) is 2. The van der Waals surface area contributed by atoms with Gasteiger partial charge in [0.1, 0.15) is 5.60 Å². The van der Waals surface area contributed by atoms with Gasteiger partial charge < -0.3 is 15.4 Å². The van der Waals surface area contributed by atoms with Crippen molar-refractivity contribution in [2.24, 2.45) is 0 Å². The van der Waals surface area contributed by atoms with E-state index in [9.17, 15) is 4.79 Å². The minimum atomic E-state index is -0.461. The molecule has 0 radical (unpaired) electrons. The summed E-state index contributed by atoms with van der Waals surface area (Å²) >= 11 is 1.64. The highest BCUT2D eigenvalue weighted by Gasteiger charge is 2.17. The van der Waals surface area contributed by atoms with Gasteiger partial charge in [0.2, 0.25) is 0 Å². The molecular weight excluding hydrogens is 262 g/mol. The molecule has 1 amide bonds. The summed E-state index contributed by atoms with van der Waals surface area (Å²) in [4.78, 5) is 17.0. The van der Waals surface area contributed by atoms with Crippen LogP contribution in [0.3, 0.4) is 0 Å². The van der Waals surface area contributed by atoms with Gasteiger partial charge in [0.25, 0.3) is 0 Å². The highest BCUT2D eigenvalue weighted by atomic mass is 32.1. The molecule has 0 saturated carbocycles. The summed E-state index contributed by atoms with van der Waals surface area (Å²) in [6, 6.07) is 0.0167. The largest absolute Gasteiger partial charge is 0.444 e. The van der Waals surface area contributed by atoms with E-state index in [1.165, 1.54) is 4.88 Å². The highest BCUT2D eigenvalue weighted by molar-refractivity contribution is 7.09. The zero-order valence-electron chi connectivity index (χ0n) is 12.2. The summed E-state index contributed by atoms with van der Waals surface area (Å²) in [5, 5.41) is 6.09. The van der Waals surface area contributed by atoms with Gasteiger partial charge in [-0.15, -0.1) is 11.3 Å². The fourth-order valence-corrected chi connectivity index (χ4v) is 2.20. The summed E-state index contributed by atoms with van der Waals surface area (Å²) in [6.45, 7) is 11.0. The van der Waals surface area contributed by atoms with E-state index >= 15 is 0 Å². The van der Waals surface area contributed by atoms with Gasteiger partial charge in [-0.3, -0.25) is 0 Å². The summed E-state index contributed by atoms with van der Waals surface area (Å²) in [5.74, 6) is 0. The molecule has 1 rings (SSSR count). The maximum absolute atomic E-state index is 11.5. The third-order valence-electron chi connectivity index (χ3n) is 2.34. The third kappa shape index (κ3) is 6.54. The maximum Gasteiger partial charge on any atom is 0.407 e. The molecule has 108 valence electrons. The smallest absolute Gasteiger partial charge is 0.407 e. The predicted octanol–water partition coefficient (Wildman–Crippen LogP) is 2.45. The summed E-state index contributed by atoms with van der Waals surface area (Å²) in [6.07, 6.45) is -0.379. The SMILES string of the molecule is Cc1ncsc1CNCC(C)NC(=O)OC(C)(C)C. The van der Waals surface area contributed by atoms with Gasteiger partial charge in [-0.2, -0.15) is 0 Å². The number of carbonyl (C=O) groups excluding carboxylic acids is 1. The van der Waals surface area contributed by atoms with Crippen LogP contribution < -0.4 is 10.6 Å². The van der Waals surface area contributed by atoms with E-state index in [4.69, 9.17) is 4.74 Å².